The van der Waals surface area contributed by atoms with E-state index in [0.717, 1.165) is 42.5 Å². The molecule has 36 heavy (non-hydrogen) atoms. The van der Waals surface area contributed by atoms with Crippen LogP contribution in [0, 0.1) is 5.82 Å². The molecular weight excluding hydrogens is 483 g/mol. The molecule has 1 saturated carbocycles. The molecule has 8 nitrogen and oxygen atoms in total. The van der Waals surface area contributed by atoms with Gasteiger partial charge in [0, 0.05) is 34.5 Å². The van der Waals surface area contributed by atoms with Crippen molar-refractivity contribution in [1.82, 2.24) is 24.1 Å². The van der Waals surface area contributed by atoms with Gasteiger partial charge in [-0.15, -0.1) is 0 Å². The van der Waals surface area contributed by atoms with Crippen LogP contribution in [0.1, 0.15) is 48.2 Å². The Bertz CT molecular complexity index is 1560. The van der Waals surface area contributed by atoms with Gasteiger partial charge in [-0.05, 0) is 50.3 Å². The van der Waals surface area contributed by atoms with Crippen molar-refractivity contribution in [2.45, 2.75) is 44.2 Å². The molecule has 7 rings (SSSR count). The SMILES string of the molecule is O=c1c2c(nc3c(-c4ccc(Cl)cc4F)nc(N4CCO[C@@H](c5cnn(C6CC6)c5)C4)cn13)CCC2. The molecule has 0 spiro atoms. The van der Waals surface area contributed by atoms with Crippen LogP contribution in [-0.4, -0.2) is 43.8 Å². The summed E-state index contributed by atoms with van der Waals surface area (Å²) in [6.45, 7) is 1.65. The van der Waals surface area contributed by atoms with E-state index in [0.29, 0.717) is 54.3 Å². The van der Waals surface area contributed by atoms with Crippen LogP contribution in [0.5, 0.6) is 0 Å². The Hall–Kier alpha value is -3.30. The maximum Gasteiger partial charge on any atom is 0.261 e. The van der Waals surface area contributed by atoms with Crippen molar-refractivity contribution in [2.75, 3.05) is 24.6 Å². The van der Waals surface area contributed by atoms with Gasteiger partial charge in [0.15, 0.2) is 5.65 Å². The van der Waals surface area contributed by atoms with Crippen molar-refractivity contribution >= 4 is 23.1 Å². The van der Waals surface area contributed by atoms with Gasteiger partial charge in [-0.25, -0.2) is 14.4 Å². The van der Waals surface area contributed by atoms with E-state index >= 15 is 4.39 Å². The smallest absolute Gasteiger partial charge is 0.261 e. The first-order valence-corrected chi connectivity index (χ1v) is 12.7. The zero-order valence-corrected chi connectivity index (χ0v) is 20.3. The van der Waals surface area contributed by atoms with Crippen LogP contribution >= 0.6 is 11.6 Å². The molecule has 2 fully saturated rings. The van der Waals surface area contributed by atoms with E-state index in [4.69, 9.17) is 26.3 Å². The van der Waals surface area contributed by atoms with Crippen LogP contribution in [0.4, 0.5) is 10.2 Å². The number of nitrogens with zero attached hydrogens (tertiary/aromatic N) is 6. The quantitative estimate of drug-likeness (QED) is 0.414. The Kier molecular flexibility index (Phi) is 5.11. The van der Waals surface area contributed by atoms with Gasteiger partial charge in [0.2, 0.25) is 0 Å². The molecule has 0 unspecified atom stereocenters. The fourth-order valence-corrected chi connectivity index (χ4v) is 5.39. The third kappa shape index (κ3) is 3.69. The number of fused-ring (bicyclic) bond motifs is 2. The lowest BCUT2D eigenvalue weighted by molar-refractivity contribution is 0.0394. The largest absolute Gasteiger partial charge is 0.370 e. The summed E-state index contributed by atoms with van der Waals surface area (Å²) in [5.41, 5.74) is 3.39. The number of benzene rings is 1. The number of aromatic nitrogens is 5. The normalized spacial score (nSPS) is 19.7. The molecule has 3 aliphatic rings. The summed E-state index contributed by atoms with van der Waals surface area (Å²) in [6, 6.07) is 4.98. The highest BCUT2D eigenvalue weighted by Crippen LogP contribution is 2.36. The van der Waals surface area contributed by atoms with Crippen LogP contribution in [0.2, 0.25) is 5.02 Å². The maximum atomic E-state index is 15.1. The summed E-state index contributed by atoms with van der Waals surface area (Å²) >= 11 is 6.02. The second-order valence-corrected chi connectivity index (χ2v) is 10.2. The molecule has 0 bridgehead atoms. The number of halogens is 2. The van der Waals surface area contributed by atoms with Crippen molar-refractivity contribution in [1.29, 1.82) is 0 Å². The van der Waals surface area contributed by atoms with E-state index in [9.17, 15) is 4.79 Å². The second-order valence-electron chi connectivity index (χ2n) is 9.75. The lowest BCUT2D eigenvalue weighted by Crippen LogP contribution is -2.39. The first kappa shape index (κ1) is 21.9. The molecule has 2 aliphatic carbocycles. The number of hydrogen-bond acceptors (Lipinski definition) is 6. The van der Waals surface area contributed by atoms with Crippen LogP contribution in [-0.2, 0) is 17.6 Å². The molecule has 10 heteroatoms. The molecule has 4 aromatic rings. The minimum atomic E-state index is -0.504. The number of rotatable bonds is 4. The van der Waals surface area contributed by atoms with Crippen LogP contribution in [0.25, 0.3) is 16.9 Å². The molecular formula is C26H24ClFN6O2. The second kappa shape index (κ2) is 8.38. The summed E-state index contributed by atoms with van der Waals surface area (Å²) in [5, 5.41) is 4.80. The van der Waals surface area contributed by atoms with Gasteiger partial charge in [-0.1, -0.05) is 11.6 Å². The molecule has 0 radical (unpaired) electrons. The fourth-order valence-electron chi connectivity index (χ4n) is 5.23. The topological polar surface area (TPSA) is 77.6 Å². The molecule has 1 saturated heterocycles. The molecule has 1 aromatic carbocycles. The average Bonchev–Trinajstić information content (AvgIpc) is 3.41. The third-order valence-corrected chi connectivity index (χ3v) is 7.54. The third-order valence-electron chi connectivity index (χ3n) is 7.31. The van der Waals surface area contributed by atoms with Gasteiger partial charge < -0.3 is 9.64 Å². The van der Waals surface area contributed by atoms with Gasteiger partial charge in [-0.3, -0.25) is 13.9 Å². The summed E-state index contributed by atoms with van der Waals surface area (Å²) in [7, 11) is 0. The van der Waals surface area contributed by atoms with Crippen molar-refractivity contribution in [3.63, 3.8) is 0 Å². The highest BCUT2D eigenvalue weighted by molar-refractivity contribution is 6.30. The van der Waals surface area contributed by atoms with Crippen LogP contribution in [0.15, 0.2) is 41.6 Å². The molecule has 1 aliphatic heterocycles. The highest BCUT2D eigenvalue weighted by Gasteiger charge is 2.29. The van der Waals surface area contributed by atoms with E-state index in [1.54, 1.807) is 18.3 Å². The highest BCUT2D eigenvalue weighted by atomic mass is 35.5. The Morgan fingerprint density at radius 2 is 2.03 bits per heavy atom. The van der Waals surface area contributed by atoms with Crippen LogP contribution < -0.4 is 10.5 Å². The monoisotopic (exact) mass is 506 g/mol. The summed E-state index contributed by atoms with van der Waals surface area (Å²) in [4.78, 5) is 25.2. The number of hydrogen-bond donors (Lipinski definition) is 0. The van der Waals surface area contributed by atoms with Crippen molar-refractivity contribution in [3.8, 4) is 11.3 Å². The maximum absolute atomic E-state index is 15.1. The minimum absolute atomic E-state index is 0.109. The predicted octanol–water partition coefficient (Wildman–Crippen LogP) is 4.15. The van der Waals surface area contributed by atoms with E-state index < -0.39 is 5.82 Å². The summed E-state index contributed by atoms with van der Waals surface area (Å²) < 4.78 is 24.7. The number of anilines is 1. The fraction of sp³-hybridized carbons (Fsp3) is 0.385. The zero-order valence-electron chi connectivity index (χ0n) is 19.5. The number of ether oxygens (including phenoxy) is 1. The lowest BCUT2D eigenvalue weighted by Gasteiger charge is -2.33. The van der Waals surface area contributed by atoms with Gasteiger partial charge >= 0.3 is 0 Å². The summed E-state index contributed by atoms with van der Waals surface area (Å²) in [6.07, 6.45) is 10.2. The molecule has 3 aromatic heterocycles. The molecule has 184 valence electrons. The first-order valence-electron chi connectivity index (χ1n) is 12.4. The predicted molar refractivity (Wildman–Crippen MR) is 133 cm³/mol. The van der Waals surface area contributed by atoms with Crippen molar-refractivity contribution in [2.24, 2.45) is 0 Å². The Balaban J connectivity index is 1.34. The van der Waals surface area contributed by atoms with Gasteiger partial charge in [0.25, 0.3) is 5.56 Å². The van der Waals surface area contributed by atoms with Crippen molar-refractivity contribution < 1.29 is 9.13 Å². The van der Waals surface area contributed by atoms with Gasteiger partial charge in [-0.2, -0.15) is 5.10 Å². The minimum Gasteiger partial charge on any atom is -0.370 e. The number of aryl methyl sites for hydroxylation is 1. The van der Waals surface area contributed by atoms with Gasteiger partial charge in [0.1, 0.15) is 23.4 Å². The zero-order chi connectivity index (χ0) is 24.4. The average molecular weight is 507 g/mol. The Morgan fingerprint density at radius 1 is 1.14 bits per heavy atom. The van der Waals surface area contributed by atoms with Gasteiger partial charge in [0.05, 0.1) is 37.3 Å². The molecule has 0 N–H and O–H groups in total. The van der Waals surface area contributed by atoms with E-state index in [1.165, 1.54) is 10.5 Å². The van der Waals surface area contributed by atoms with E-state index in [1.807, 2.05) is 10.9 Å². The number of morpholine rings is 1. The first-order chi connectivity index (χ1) is 17.5. The van der Waals surface area contributed by atoms with Crippen molar-refractivity contribution in [3.05, 3.63) is 74.8 Å². The van der Waals surface area contributed by atoms with E-state index in [2.05, 4.69) is 16.2 Å². The molecule has 4 heterocycles. The molecule has 0 amide bonds. The Morgan fingerprint density at radius 3 is 2.86 bits per heavy atom. The van der Waals surface area contributed by atoms with E-state index in [-0.39, 0.29) is 17.2 Å². The standard InChI is InChI=1S/C26H24ClFN6O2/c27-16-4-7-18(20(28)10-16)24-25-30-21-3-1-2-19(21)26(35)33(25)14-23(31-24)32-8-9-36-22(13-32)15-11-29-34(12-15)17-5-6-17/h4,7,10-12,14,17,22H,1-3,5-6,8-9,13H2/t22-/m1/s1. The lowest BCUT2D eigenvalue weighted by atomic mass is 10.1. The summed E-state index contributed by atoms with van der Waals surface area (Å²) in [5.74, 6) is 0.0766. The Labute approximate surface area is 211 Å². The van der Waals surface area contributed by atoms with Crippen LogP contribution in [0.3, 0.4) is 0 Å². The molecule has 1 atom stereocenters.